The molecule has 0 aromatic rings. The average Bonchev–Trinajstić information content (AvgIpc) is 3.75. The largest absolute Gasteiger partial charge is 0.460 e. The predicted molar refractivity (Wildman–Crippen MR) is 236 cm³/mol. The van der Waals surface area contributed by atoms with Crippen LogP contribution < -0.4 is 0 Å². The minimum atomic E-state index is -2.43. The van der Waals surface area contributed by atoms with Crippen molar-refractivity contribution < 1.29 is 63.3 Å². The first-order valence-corrected chi connectivity index (χ1v) is 23.0. The van der Waals surface area contributed by atoms with Crippen LogP contribution in [-0.2, 0) is 42.9 Å². The van der Waals surface area contributed by atoms with Gasteiger partial charge in [-0.1, -0.05) is 71.1 Å². The summed E-state index contributed by atoms with van der Waals surface area (Å²) in [5.41, 5.74) is 1.11. The average molecular weight is 886 g/mol. The van der Waals surface area contributed by atoms with Crippen LogP contribution in [0.15, 0.2) is 47.6 Å². The van der Waals surface area contributed by atoms with E-state index in [9.17, 15) is 44.4 Å². The maximum absolute atomic E-state index is 14.2. The van der Waals surface area contributed by atoms with E-state index in [-0.39, 0.29) is 54.6 Å². The van der Waals surface area contributed by atoms with Crippen molar-refractivity contribution in [3.05, 3.63) is 47.6 Å². The van der Waals surface area contributed by atoms with Gasteiger partial charge in [0, 0.05) is 51.4 Å². The number of methoxy groups -OCH3 is 2. The highest BCUT2D eigenvalue weighted by atomic mass is 16.6. The van der Waals surface area contributed by atoms with Crippen LogP contribution in [0.25, 0.3) is 0 Å². The zero-order valence-electron chi connectivity index (χ0n) is 38.9. The number of carbonyl (C=O) groups excluding carboxylic acids is 5. The molecule has 14 nitrogen and oxygen atoms in total. The number of Topliss-reactive ketones (excluding diaryl/α,β-unsaturated/α-hetero) is 3. The standard InChI is InChI=1S/C49H75NO13/c1-28-14-11-10-12-15-29(2)40(60-8)26-36-19-17-34(7)49(59,63-36)46(56)47(57)50-21-13-16-37(50)48(58)62-41(31(4)24-35-18-20-38(51)42(25-35)61-9)27-39(52)30(3)23-33(6)44(54)45(55)43(53)32(5)22-28/h10-12,14-15,23,28,30-32,34-38,40-42,44-45,51,54-55,59H,13,16-22,24-27H2,1-9H3/b12-10+,14-11+,29-15+,33-23+/t28-,30-,31-,32-,34-,35+,36+,37+,38-,40+,41+,42-,44-,45+,49-/m1/s1. The van der Waals surface area contributed by atoms with Crippen LogP contribution in [0.4, 0.5) is 0 Å². The Labute approximate surface area is 374 Å². The van der Waals surface area contributed by atoms with E-state index in [0.29, 0.717) is 57.8 Å². The van der Waals surface area contributed by atoms with Crippen molar-refractivity contribution in [2.75, 3.05) is 20.8 Å². The van der Waals surface area contributed by atoms with Crippen molar-refractivity contribution in [2.45, 2.75) is 174 Å². The minimum Gasteiger partial charge on any atom is -0.460 e. The molecule has 1 saturated carbocycles. The molecule has 0 radical (unpaired) electrons. The number of amides is 1. The smallest absolute Gasteiger partial charge is 0.329 e. The summed E-state index contributed by atoms with van der Waals surface area (Å²) in [5, 5.41) is 44.3. The van der Waals surface area contributed by atoms with Crippen LogP contribution in [0.1, 0.15) is 119 Å². The summed E-state index contributed by atoms with van der Waals surface area (Å²) in [6, 6.07) is -1.14. The summed E-state index contributed by atoms with van der Waals surface area (Å²) in [6.07, 6.45) is 9.14. The summed E-state index contributed by atoms with van der Waals surface area (Å²) < 4.78 is 23.6. The normalized spacial score (nSPS) is 41.1. The van der Waals surface area contributed by atoms with Gasteiger partial charge in [0.05, 0.1) is 24.4 Å². The molecule has 4 aliphatic rings. The summed E-state index contributed by atoms with van der Waals surface area (Å²) in [5.74, 6) is -8.60. The number of cyclic esters (lactones) is 1. The Bertz CT molecular complexity index is 1720. The lowest BCUT2D eigenvalue weighted by Crippen LogP contribution is -2.59. The van der Waals surface area contributed by atoms with Gasteiger partial charge in [-0.3, -0.25) is 19.2 Å². The van der Waals surface area contributed by atoms with Crippen LogP contribution >= 0.6 is 0 Å². The number of hydrogen-bond donors (Lipinski definition) is 4. The van der Waals surface area contributed by atoms with E-state index < -0.39 is 89.6 Å². The Hall–Kier alpha value is -3.37. The van der Waals surface area contributed by atoms with Crippen LogP contribution in [0.3, 0.4) is 0 Å². The number of aliphatic hydroxyl groups is 4. The van der Waals surface area contributed by atoms with Gasteiger partial charge < -0.3 is 44.3 Å². The van der Waals surface area contributed by atoms with Crippen molar-refractivity contribution in [1.82, 2.24) is 4.90 Å². The fraction of sp³-hybridized carbons (Fsp3) is 0.735. The number of fused-ring (bicyclic) bond motifs is 3. The fourth-order valence-electron chi connectivity index (χ4n) is 9.73. The van der Waals surface area contributed by atoms with E-state index in [1.165, 1.54) is 6.08 Å². The molecule has 354 valence electrons. The SMILES string of the molecule is CO[C@H]1C[C@@H]2CC[C@@H](C)[C@@](O)(O2)C(=O)C(=O)N2CCC[C@H]2C(=O)O[C@H]([C@H](C)C[C@@H]2CC[C@@H](O)[C@H](OC)C2)CC(=O)[C@H](C)/C=C(\C)[C@@H](O)[C@@H](O)C(=O)[C@H](C)C[C@H](C)/C=C/C=C/C=C/1C. The van der Waals surface area contributed by atoms with Crippen molar-refractivity contribution >= 4 is 29.2 Å². The van der Waals surface area contributed by atoms with Crippen molar-refractivity contribution in [1.29, 1.82) is 0 Å². The van der Waals surface area contributed by atoms with Crippen LogP contribution in [0.2, 0.25) is 0 Å². The summed E-state index contributed by atoms with van der Waals surface area (Å²) in [6.45, 7) is 12.4. The van der Waals surface area contributed by atoms with E-state index in [2.05, 4.69) is 0 Å². The number of ketones is 3. The molecule has 0 aromatic carbocycles. The molecule has 1 aliphatic carbocycles. The first kappa shape index (κ1) is 52.3. The van der Waals surface area contributed by atoms with E-state index in [4.69, 9.17) is 18.9 Å². The Morgan fingerprint density at radius 1 is 0.857 bits per heavy atom. The highest BCUT2D eigenvalue weighted by Gasteiger charge is 2.53. The van der Waals surface area contributed by atoms with Gasteiger partial charge >= 0.3 is 5.97 Å². The molecule has 0 spiro atoms. The number of rotatable bonds is 5. The first-order chi connectivity index (χ1) is 29.7. The second-order valence-electron chi connectivity index (χ2n) is 19.0. The molecule has 4 rings (SSSR count). The summed E-state index contributed by atoms with van der Waals surface area (Å²) in [7, 11) is 3.12. The third-order valence-electron chi connectivity index (χ3n) is 14.0. The lowest BCUT2D eigenvalue weighted by Gasteiger charge is -2.41. The highest BCUT2D eigenvalue weighted by Crippen LogP contribution is 2.38. The second-order valence-corrected chi connectivity index (χ2v) is 19.0. The fourth-order valence-corrected chi connectivity index (χ4v) is 9.73. The lowest BCUT2D eigenvalue weighted by molar-refractivity contribution is -0.265. The molecule has 0 aromatic heterocycles. The molecular weight excluding hydrogens is 811 g/mol. The molecule has 3 heterocycles. The van der Waals surface area contributed by atoms with Gasteiger partial charge in [-0.15, -0.1) is 0 Å². The number of ether oxygens (including phenoxy) is 4. The van der Waals surface area contributed by atoms with Crippen LogP contribution in [0.5, 0.6) is 0 Å². The number of carbonyl (C=O) groups is 5. The van der Waals surface area contributed by atoms with Gasteiger partial charge in [0.15, 0.2) is 5.78 Å². The second kappa shape index (κ2) is 23.7. The third kappa shape index (κ3) is 13.6. The topological polar surface area (TPSA) is 206 Å². The van der Waals surface area contributed by atoms with Gasteiger partial charge in [0.2, 0.25) is 5.79 Å². The van der Waals surface area contributed by atoms with Crippen molar-refractivity contribution in [3.8, 4) is 0 Å². The number of esters is 1. The summed E-state index contributed by atoms with van der Waals surface area (Å²) >= 11 is 0. The van der Waals surface area contributed by atoms with E-state index in [1.807, 2.05) is 51.2 Å². The Kier molecular flexibility index (Phi) is 19.7. The molecule has 3 fully saturated rings. The third-order valence-corrected chi connectivity index (χ3v) is 14.0. The first-order valence-electron chi connectivity index (χ1n) is 23.0. The number of allylic oxidation sites excluding steroid dienone is 6. The summed E-state index contributed by atoms with van der Waals surface area (Å²) in [4.78, 5) is 70.7. The monoisotopic (exact) mass is 886 g/mol. The molecule has 4 N–H and O–H groups in total. The van der Waals surface area contributed by atoms with Gasteiger partial charge in [-0.2, -0.15) is 0 Å². The quantitative estimate of drug-likeness (QED) is 0.161. The molecule has 3 aliphatic heterocycles. The van der Waals surface area contributed by atoms with E-state index in [1.54, 1.807) is 41.9 Å². The number of nitrogens with zero attached hydrogens (tertiary/aromatic N) is 1. The number of hydrogen-bond acceptors (Lipinski definition) is 13. The predicted octanol–water partition coefficient (Wildman–Crippen LogP) is 5.14. The zero-order valence-corrected chi connectivity index (χ0v) is 38.9. The maximum atomic E-state index is 14.2. The molecular formula is C49H75NO13. The van der Waals surface area contributed by atoms with Gasteiger partial charge in [0.25, 0.3) is 11.7 Å². The van der Waals surface area contributed by atoms with Crippen molar-refractivity contribution in [2.24, 2.45) is 35.5 Å². The molecule has 2 bridgehead atoms. The van der Waals surface area contributed by atoms with E-state index in [0.717, 1.165) is 10.5 Å². The Morgan fingerprint density at radius 2 is 1.57 bits per heavy atom. The lowest BCUT2D eigenvalue weighted by atomic mass is 9.78. The molecule has 63 heavy (non-hydrogen) atoms. The van der Waals surface area contributed by atoms with Crippen molar-refractivity contribution in [3.63, 3.8) is 0 Å². The Morgan fingerprint density at radius 3 is 2.25 bits per heavy atom. The number of aliphatic hydroxyl groups excluding tert-OH is 3. The van der Waals surface area contributed by atoms with E-state index >= 15 is 0 Å². The van der Waals surface area contributed by atoms with Crippen LogP contribution in [0, 0.1) is 35.5 Å². The van der Waals surface area contributed by atoms with Gasteiger partial charge in [0.1, 0.15) is 30.1 Å². The molecule has 2 saturated heterocycles. The van der Waals surface area contributed by atoms with Crippen LogP contribution in [-0.4, -0.2) is 130 Å². The van der Waals surface area contributed by atoms with Gasteiger partial charge in [-0.05, 0) is 101 Å². The molecule has 15 atom stereocenters. The molecule has 0 unspecified atom stereocenters. The zero-order chi connectivity index (χ0) is 46.8. The maximum Gasteiger partial charge on any atom is 0.329 e. The Balaban J connectivity index is 1.67. The van der Waals surface area contributed by atoms with Gasteiger partial charge in [-0.25, -0.2) is 4.79 Å². The minimum absolute atomic E-state index is 0.0360. The molecule has 1 amide bonds. The molecule has 14 heteroatoms. The highest BCUT2D eigenvalue weighted by molar-refractivity contribution is 6.39.